The summed E-state index contributed by atoms with van der Waals surface area (Å²) in [4.78, 5) is 0. The zero-order valence-corrected chi connectivity index (χ0v) is 10.1. The lowest BCUT2D eigenvalue weighted by molar-refractivity contribution is 0.170. The van der Waals surface area contributed by atoms with Gasteiger partial charge in [0.2, 0.25) is 0 Å². The van der Waals surface area contributed by atoms with Crippen molar-refractivity contribution in [3.8, 4) is 11.3 Å². The molecule has 0 aliphatic heterocycles. The van der Waals surface area contributed by atoms with Gasteiger partial charge in [0, 0.05) is 10.6 Å². The van der Waals surface area contributed by atoms with Gasteiger partial charge in [-0.1, -0.05) is 23.2 Å². The molecule has 0 saturated heterocycles. The van der Waals surface area contributed by atoms with E-state index in [4.69, 9.17) is 27.6 Å². The van der Waals surface area contributed by atoms with Gasteiger partial charge in [0.05, 0.1) is 5.02 Å². The Labute approximate surface area is 103 Å². The van der Waals surface area contributed by atoms with Crippen LogP contribution in [-0.2, 0) is 0 Å². The van der Waals surface area contributed by atoms with Gasteiger partial charge >= 0.3 is 0 Å². The van der Waals surface area contributed by atoms with Gasteiger partial charge in [-0.15, -0.1) is 0 Å². The Morgan fingerprint density at radius 2 is 1.94 bits per heavy atom. The first-order valence-corrected chi connectivity index (χ1v) is 5.57. The second-order valence-corrected chi connectivity index (χ2v) is 4.35. The number of furan rings is 1. The highest BCUT2D eigenvalue weighted by molar-refractivity contribution is 6.36. The normalized spacial score (nSPS) is 12.8. The van der Waals surface area contributed by atoms with Gasteiger partial charge in [-0.2, -0.15) is 0 Å². The maximum atomic E-state index is 9.35. The van der Waals surface area contributed by atoms with E-state index in [1.54, 1.807) is 37.3 Å². The molecule has 2 nitrogen and oxygen atoms in total. The van der Waals surface area contributed by atoms with Crippen molar-refractivity contribution < 1.29 is 9.52 Å². The van der Waals surface area contributed by atoms with Crippen molar-refractivity contribution >= 4 is 23.2 Å². The molecule has 0 aliphatic carbocycles. The number of aliphatic hydroxyl groups excluding tert-OH is 1. The van der Waals surface area contributed by atoms with Crippen molar-refractivity contribution in [1.82, 2.24) is 0 Å². The molecule has 16 heavy (non-hydrogen) atoms. The van der Waals surface area contributed by atoms with E-state index in [0.717, 1.165) is 5.56 Å². The first-order chi connectivity index (χ1) is 7.58. The molecule has 1 N–H and O–H groups in total. The van der Waals surface area contributed by atoms with Gasteiger partial charge in [-0.3, -0.25) is 0 Å². The Bertz CT molecular complexity index is 503. The molecule has 2 aromatic rings. The summed E-state index contributed by atoms with van der Waals surface area (Å²) in [6.07, 6.45) is -0.625. The molecule has 1 aromatic heterocycles. The largest absolute Gasteiger partial charge is 0.458 e. The van der Waals surface area contributed by atoms with Gasteiger partial charge in [0.25, 0.3) is 0 Å². The molecule has 0 bridgehead atoms. The molecule has 1 heterocycles. The van der Waals surface area contributed by atoms with Gasteiger partial charge in [-0.25, -0.2) is 0 Å². The maximum Gasteiger partial charge on any atom is 0.135 e. The fourth-order valence-electron chi connectivity index (χ4n) is 1.41. The second-order valence-electron chi connectivity index (χ2n) is 3.50. The first-order valence-electron chi connectivity index (χ1n) is 4.81. The second kappa shape index (κ2) is 4.50. The summed E-state index contributed by atoms with van der Waals surface area (Å²) in [6, 6.07) is 8.69. The fraction of sp³-hybridized carbons (Fsp3) is 0.167. The van der Waals surface area contributed by atoms with Crippen LogP contribution < -0.4 is 0 Å². The molecular formula is C12H10Cl2O2. The van der Waals surface area contributed by atoms with Crippen molar-refractivity contribution in [2.24, 2.45) is 0 Å². The van der Waals surface area contributed by atoms with Crippen molar-refractivity contribution in [3.05, 3.63) is 46.1 Å². The number of halogens is 2. The van der Waals surface area contributed by atoms with Crippen molar-refractivity contribution in [2.45, 2.75) is 13.0 Å². The Balaban J connectivity index is 2.42. The SMILES string of the molecule is CC(O)c1ccc(-c2ccc(Cl)cc2Cl)o1. The summed E-state index contributed by atoms with van der Waals surface area (Å²) in [5.74, 6) is 1.14. The molecule has 84 valence electrons. The Morgan fingerprint density at radius 1 is 1.19 bits per heavy atom. The molecule has 4 heteroatoms. The average Bonchev–Trinajstić information content (AvgIpc) is 2.66. The van der Waals surface area contributed by atoms with E-state index in [2.05, 4.69) is 0 Å². The summed E-state index contributed by atoms with van der Waals surface area (Å²) in [5.41, 5.74) is 0.762. The van der Waals surface area contributed by atoms with Gasteiger partial charge in [0.1, 0.15) is 17.6 Å². The van der Waals surface area contributed by atoms with Crippen LogP contribution in [-0.4, -0.2) is 5.11 Å². The van der Waals surface area contributed by atoms with Crippen LogP contribution in [0.5, 0.6) is 0 Å². The quantitative estimate of drug-likeness (QED) is 0.869. The summed E-state index contributed by atoms with van der Waals surface area (Å²) in [6.45, 7) is 1.64. The molecule has 1 atom stereocenters. The van der Waals surface area contributed by atoms with Crippen LogP contribution in [0.2, 0.25) is 10.0 Å². The highest BCUT2D eigenvalue weighted by Gasteiger charge is 2.11. The minimum Gasteiger partial charge on any atom is -0.458 e. The lowest BCUT2D eigenvalue weighted by Gasteiger charge is -2.02. The fourth-order valence-corrected chi connectivity index (χ4v) is 1.91. The topological polar surface area (TPSA) is 33.4 Å². The molecule has 0 fully saturated rings. The van der Waals surface area contributed by atoms with Crippen LogP contribution in [0, 0.1) is 0 Å². The molecule has 2 rings (SSSR count). The van der Waals surface area contributed by atoms with Crippen molar-refractivity contribution in [3.63, 3.8) is 0 Å². The molecule has 0 spiro atoms. The van der Waals surface area contributed by atoms with Crippen molar-refractivity contribution in [1.29, 1.82) is 0 Å². The van der Waals surface area contributed by atoms with E-state index in [-0.39, 0.29) is 0 Å². The number of hydrogen-bond donors (Lipinski definition) is 1. The highest BCUT2D eigenvalue weighted by atomic mass is 35.5. The zero-order chi connectivity index (χ0) is 11.7. The number of rotatable bonds is 2. The molecule has 1 unspecified atom stereocenters. The summed E-state index contributed by atoms with van der Waals surface area (Å²) < 4.78 is 5.47. The van der Waals surface area contributed by atoms with E-state index in [9.17, 15) is 5.11 Å². The number of aliphatic hydroxyl groups is 1. The van der Waals surface area contributed by atoms with Gasteiger partial charge in [-0.05, 0) is 37.3 Å². The molecule has 0 amide bonds. The summed E-state index contributed by atoms with van der Waals surface area (Å²) in [7, 11) is 0. The molecule has 0 radical (unpaired) electrons. The van der Waals surface area contributed by atoms with Crippen LogP contribution in [0.4, 0.5) is 0 Å². The number of hydrogen-bond acceptors (Lipinski definition) is 2. The zero-order valence-electron chi connectivity index (χ0n) is 8.58. The standard InChI is InChI=1S/C12H10Cl2O2/c1-7(15)11-4-5-12(16-11)9-3-2-8(13)6-10(9)14/h2-7,15H,1H3. The van der Waals surface area contributed by atoms with E-state index in [1.807, 2.05) is 0 Å². The van der Waals surface area contributed by atoms with Crippen LogP contribution >= 0.6 is 23.2 Å². The minimum absolute atomic E-state index is 0.515. The van der Waals surface area contributed by atoms with Crippen LogP contribution in [0.1, 0.15) is 18.8 Å². The first kappa shape index (κ1) is 11.5. The van der Waals surface area contributed by atoms with Crippen molar-refractivity contribution in [2.75, 3.05) is 0 Å². The molecule has 1 aromatic carbocycles. The van der Waals surface area contributed by atoms with Gasteiger partial charge in [0.15, 0.2) is 0 Å². The lowest BCUT2D eigenvalue weighted by atomic mass is 10.2. The lowest BCUT2D eigenvalue weighted by Crippen LogP contribution is -1.85. The summed E-state index contributed by atoms with van der Waals surface area (Å²) >= 11 is 11.9. The predicted octanol–water partition coefficient (Wildman–Crippen LogP) is 4.31. The van der Waals surface area contributed by atoms with E-state index < -0.39 is 6.10 Å². The third-order valence-corrected chi connectivity index (χ3v) is 2.78. The predicted molar refractivity (Wildman–Crippen MR) is 64.8 cm³/mol. The third-order valence-electron chi connectivity index (χ3n) is 2.24. The van der Waals surface area contributed by atoms with E-state index in [0.29, 0.717) is 21.6 Å². The smallest absolute Gasteiger partial charge is 0.135 e. The third kappa shape index (κ3) is 2.24. The monoisotopic (exact) mass is 256 g/mol. The molecule has 0 aliphatic rings. The van der Waals surface area contributed by atoms with E-state index in [1.165, 1.54) is 0 Å². The minimum atomic E-state index is -0.625. The molecule has 0 saturated carbocycles. The Hall–Kier alpha value is -0.960. The van der Waals surface area contributed by atoms with Crippen LogP contribution in [0.15, 0.2) is 34.7 Å². The van der Waals surface area contributed by atoms with Crippen LogP contribution in [0.3, 0.4) is 0 Å². The number of benzene rings is 1. The molecular weight excluding hydrogens is 247 g/mol. The summed E-state index contributed by atoms with van der Waals surface area (Å²) in [5, 5.41) is 10.5. The van der Waals surface area contributed by atoms with Crippen LogP contribution in [0.25, 0.3) is 11.3 Å². The average molecular weight is 257 g/mol. The van der Waals surface area contributed by atoms with E-state index >= 15 is 0 Å². The Kier molecular flexibility index (Phi) is 3.24. The Morgan fingerprint density at radius 3 is 2.50 bits per heavy atom. The van der Waals surface area contributed by atoms with Gasteiger partial charge < -0.3 is 9.52 Å². The maximum absolute atomic E-state index is 9.35. The highest BCUT2D eigenvalue weighted by Crippen LogP contribution is 2.32.